The number of nitro groups is 1. The monoisotopic (exact) mass is 431 g/mol. The van der Waals surface area contributed by atoms with Crippen LogP contribution in [-0.2, 0) is 4.74 Å². The lowest BCUT2D eigenvalue weighted by atomic mass is 10.1. The molecule has 4 rings (SSSR count). The molecule has 0 radical (unpaired) electrons. The van der Waals surface area contributed by atoms with E-state index in [-0.39, 0.29) is 11.6 Å². The Hall–Kier alpha value is -2.91. The molecule has 3 heterocycles. The van der Waals surface area contributed by atoms with E-state index in [9.17, 15) is 14.9 Å². The van der Waals surface area contributed by atoms with Gasteiger partial charge in [-0.05, 0) is 18.2 Å². The van der Waals surface area contributed by atoms with Crippen molar-refractivity contribution in [1.82, 2.24) is 9.88 Å². The maximum atomic E-state index is 13.3. The summed E-state index contributed by atoms with van der Waals surface area (Å²) in [6.07, 6.45) is 1.60. The Morgan fingerprint density at radius 1 is 1.03 bits per heavy atom. The van der Waals surface area contributed by atoms with Gasteiger partial charge in [0.1, 0.15) is 5.82 Å². The number of carbonyl (C=O) groups is 1. The molecular weight excluding hydrogens is 410 g/mol. The molecule has 2 aliphatic rings. The van der Waals surface area contributed by atoms with Gasteiger partial charge in [0, 0.05) is 57.6 Å². The van der Waals surface area contributed by atoms with Crippen molar-refractivity contribution in [2.75, 3.05) is 62.3 Å². The topological polar surface area (TPSA) is 92.0 Å². The molecule has 9 nitrogen and oxygen atoms in total. The molecule has 2 fully saturated rings. The van der Waals surface area contributed by atoms with E-state index in [0.29, 0.717) is 63.1 Å². The van der Waals surface area contributed by atoms with Crippen molar-refractivity contribution in [3.05, 3.63) is 57.2 Å². The van der Waals surface area contributed by atoms with Gasteiger partial charge in [-0.3, -0.25) is 14.9 Å². The first kappa shape index (κ1) is 20.4. The number of halogens is 1. The van der Waals surface area contributed by atoms with E-state index in [4.69, 9.17) is 16.3 Å². The highest BCUT2D eigenvalue weighted by Gasteiger charge is 2.28. The van der Waals surface area contributed by atoms with Crippen molar-refractivity contribution in [1.29, 1.82) is 0 Å². The zero-order chi connectivity index (χ0) is 21.1. The van der Waals surface area contributed by atoms with Crippen LogP contribution in [0.3, 0.4) is 0 Å². The number of anilines is 2. The molecule has 2 aromatic rings. The molecule has 2 aliphatic heterocycles. The Labute approximate surface area is 178 Å². The summed E-state index contributed by atoms with van der Waals surface area (Å²) in [7, 11) is 0. The summed E-state index contributed by atoms with van der Waals surface area (Å²) in [6.45, 7) is 4.70. The molecule has 1 aromatic heterocycles. The van der Waals surface area contributed by atoms with Gasteiger partial charge in [-0.25, -0.2) is 4.98 Å². The summed E-state index contributed by atoms with van der Waals surface area (Å²) in [4.78, 5) is 34.4. The fourth-order valence-corrected chi connectivity index (χ4v) is 3.86. The van der Waals surface area contributed by atoms with Gasteiger partial charge in [-0.2, -0.15) is 0 Å². The number of amides is 1. The molecule has 0 spiro atoms. The molecule has 158 valence electrons. The number of benzene rings is 1. The minimum absolute atomic E-state index is 0.0839. The molecule has 30 heavy (non-hydrogen) atoms. The number of nitro benzene ring substituents is 1. The number of piperazine rings is 1. The van der Waals surface area contributed by atoms with Gasteiger partial charge in [0.05, 0.1) is 34.4 Å². The molecule has 1 amide bonds. The van der Waals surface area contributed by atoms with Crippen LogP contribution in [0.5, 0.6) is 0 Å². The van der Waals surface area contributed by atoms with E-state index >= 15 is 0 Å². The Kier molecular flexibility index (Phi) is 6.01. The van der Waals surface area contributed by atoms with Crippen LogP contribution in [0.4, 0.5) is 17.2 Å². The second-order valence-electron chi connectivity index (χ2n) is 7.17. The van der Waals surface area contributed by atoms with Gasteiger partial charge in [-0.15, -0.1) is 0 Å². The largest absolute Gasteiger partial charge is 0.378 e. The van der Waals surface area contributed by atoms with Gasteiger partial charge in [0.25, 0.3) is 11.6 Å². The number of rotatable bonds is 4. The van der Waals surface area contributed by atoms with Crippen LogP contribution in [-0.4, -0.2) is 73.2 Å². The summed E-state index contributed by atoms with van der Waals surface area (Å²) in [5, 5.41) is 11.9. The number of hydrogen-bond donors (Lipinski definition) is 0. The smallest absolute Gasteiger partial charge is 0.270 e. The van der Waals surface area contributed by atoms with E-state index in [0.717, 1.165) is 11.5 Å². The molecule has 0 saturated carbocycles. The molecule has 1 aromatic carbocycles. The lowest BCUT2D eigenvalue weighted by Gasteiger charge is -2.36. The number of nitrogens with zero attached hydrogens (tertiary/aromatic N) is 5. The summed E-state index contributed by atoms with van der Waals surface area (Å²) < 4.78 is 5.40. The fraction of sp³-hybridized carbons (Fsp3) is 0.400. The predicted molar refractivity (Wildman–Crippen MR) is 113 cm³/mol. The van der Waals surface area contributed by atoms with E-state index in [1.54, 1.807) is 23.2 Å². The Bertz CT molecular complexity index is 925. The number of ether oxygens (including phenoxy) is 1. The second-order valence-corrected chi connectivity index (χ2v) is 7.61. The predicted octanol–water partition coefficient (Wildman–Crippen LogP) is 2.44. The van der Waals surface area contributed by atoms with Crippen molar-refractivity contribution in [2.45, 2.75) is 0 Å². The van der Waals surface area contributed by atoms with Gasteiger partial charge >= 0.3 is 0 Å². The summed E-state index contributed by atoms with van der Waals surface area (Å²) in [6, 6.07) is 8.16. The lowest BCUT2D eigenvalue weighted by molar-refractivity contribution is -0.384. The maximum absolute atomic E-state index is 13.3. The number of carbonyl (C=O) groups excluding carboxylic acids is 1. The minimum Gasteiger partial charge on any atom is -0.378 e. The molecular formula is C20H22ClN5O4. The molecule has 2 saturated heterocycles. The van der Waals surface area contributed by atoms with Crippen molar-refractivity contribution in [2.24, 2.45) is 0 Å². The number of morpholine rings is 1. The molecule has 0 bridgehead atoms. The first-order valence-corrected chi connectivity index (χ1v) is 10.2. The van der Waals surface area contributed by atoms with Crippen molar-refractivity contribution >= 4 is 34.7 Å². The lowest BCUT2D eigenvalue weighted by Crippen LogP contribution is -2.49. The van der Waals surface area contributed by atoms with Crippen molar-refractivity contribution in [3.63, 3.8) is 0 Å². The highest BCUT2D eigenvalue weighted by atomic mass is 35.5. The summed E-state index contributed by atoms with van der Waals surface area (Å²) in [5.41, 5.74) is 0.999. The molecule has 0 N–H and O–H groups in total. The summed E-state index contributed by atoms with van der Waals surface area (Å²) in [5.74, 6) is 0.625. The Balaban J connectivity index is 1.52. The number of aromatic nitrogens is 1. The minimum atomic E-state index is -0.468. The van der Waals surface area contributed by atoms with Crippen LogP contribution in [0.1, 0.15) is 10.4 Å². The average Bonchev–Trinajstić information content (AvgIpc) is 2.79. The van der Waals surface area contributed by atoms with Gasteiger partial charge in [-0.1, -0.05) is 11.6 Å². The fourth-order valence-electron chi connectivity index (χ4n) is 3.75. The van der Waals surface area contributed by atoms with E-state index in [1.807, 2.05) is 11.0 Å². The number of hydrogen-bond acceptors (Lipinski definition) is 7. The quantitative estimate of drug-likeness (QED) is 0.542. The summed E-state index contributed by atoms with van der Waals surface area (Å²) >= 11 is 5.90. The van der Waals surface area contributed by atoms with Crippen LogP contribution < -0.4 is 9.80 Å². The first-order chi connectivity index (χ1) is 14.5. The van der Waals surface area contributed by atoms with Crippen LogP contribution >= 0.6 is 11.6 Å². The SMILES string of the molecule is O=C(c1cc([N+](=O)[O-])ccc1N1CCOCC1)N1CCN(c2ccc(Cl)cn2)CC1. The highest BCUT2D eigenvalue weighted by molar-refractivity contribution is 6.30. The van der Waals surface area contributed by atoms with E-state index in [2.05, 4.69) is 9.88 Å². The zero-order valence-electron chi connectivity index (χ0n) is 16.4. The molecule has 10 heteroatoms. The van der Waals surface area contributed by atoms with Crippen LogP contribution in [0, 0.1) is 10.1 Å². The standard InChI is InChI=1S/C20H22ClN5O4/c21-15-1-4-19(22-14-15)24-5-7-25(8-6-24)20(27)17-13-16(26(28)29)2-3-18(17)23-9-11-30-12-10-23/h1-4,13-14H,5-12H2. The first-order valence-electron chi connectivity index (χ1n) is 9.80. The van der Waals surface area contributed by atoms with Crippen molar-refractivity contribution in [3.8, 4) is 0 Å². The van der Waals surface area contributed by atoms with E-state index < -0.39 is 4.92 Å². The third kappa shape index (κ3) is 4.31. The number of non-ortho nitro benzene ring substituents is 1. The van der Waals surface area contributed by atoms with Gasteiger partial charge in [0.2, 0.25) is 0 Å². The molecule has 0 atom stereocenters. The van der Waals surface area contributed by atoms with Crippen LogP contribution in [0.15, 0.2) is 36.5 Å². The third-order valence-electron chi connectivity index (χ3n) is 5.38. The molecule has 0 aliphatic carbocycles. The van der Waals surface area contributed by atoms with Crippen LogP contribution in [0.2, 0.25) is 5.02 Å². The third-order valence-corrected chi connectivity index (χ3v) is 5.60. The number of pyridine rings is 1. The second kappa shape index (κ2) is 8.85. The van der Waals surface area contributed by atoms with Gasteiger partial charge < -0.3 is 19.4 Å². The van der Waals surface area contributed by atoms with Gasteiger partial charge in [0.15, 0.2) is 0 Å². The zero-order valence-corrected chi connectivity index (χ0v) is 17.1. The molecule has 0 unspecified atom stereocenters. The van der Waals surface area contributed by atoms with E-state index in [1.165, 1.54) is 12.1 Å². The van der Waals surface area contributed by atoms with Crippen molar-refractivity contribution < 1.29 is 14.5 Å². The average molecular weight is 432 g/mol. The highest BCUT2D eigenvalue weighted by Crippen LogP contribution is 2.28. The Morgan fingerprint density at radius 2 is 1.77 bits per heavy atom. The van der Waals surface area contributed by atoms with Crippen LogP contribution in [0.25, 0.3) is 0 Å². The Morgan fingerprint density at radius 3 is 2.40 bits per heavy atom. The normalized spacial score (nSPS) is 17.2. The maximum Gasteiger partial charge on any atom is 0.270 e.